The summed E-state index contributed by atoms with van der Waals surface area (Å²) < 4.78 is 0.792. The topological polar surface area (TPSA) is 49.3 Å². The number of carboxylic acids is 1. The van der Waals surface area contributed by atoms with Crippen molar-refractivity contribution in [2.75, 3.05) is 11.9 Å². The molecule has 0 heterocycles. The van der Waals surface area contributed by atoms with Crippen LogP contribution in [0.2, 0.25) is 0 Å². The quantitative estimate of drug-likeness (QED) is 0.883. The Balaban J connectivity index is 2.02. The summed E-state index contributed by atoms with van der Waals surface area (Å²) in [6.45, 7) is 3.15. The van der Waals surface area contributed by atoms with E-state index in [0.29, 0.717) is 17.2 Å². The highest BCUT2D eigenvalue weighted by atomic mass is 79.9. The molecule has 0 bridgehead atoms. The van der Waals surface area contributed by atoms with Crippen LogP contribution in [-0.4, -0.2) is 17.6 Å². The summed E-state index contributed by atoms with van der Waals surface area (Å²) in [6.07, 6.45) is 3.78. The Bertz CT molecular complexity index is 447. The normalized spacial score (nSPS) is 23.0. The number of hydrogen-bond acceptors (Lipinski definition) is 2. The van der Waals surface area contributed by atoms with Gasteiger partial charge in [-0.3, -0.25) is 0 Å². The summed E-state index contributed by atoms with van der Waals surface area (Å²) in [4.78, 5) is 11.2. The van der Waals surface area contributed by atoms with Gasteiger partial charge in [0.05, 0.1) is 5.56 Å². The van der Waals surface area contributed by atoms with Crippen LogP contribution in [0.5, 0.6) is 0 Å². The zero-order valence-electron chi connectivity index (χ0n) is 10.4. The van der Waals surface area contributed by atoms with Gasteiger partial charge in [0.1, 0.15) is 0 Å². The Hall–Kier alpha value is -1.03. The van der Waals surface area contributed by atoms with E-state index in [1.807, 2.05) is 12.1 Å². The van der Waals surface area contributed by atoms with Gasteiger partial charge in [0.25, 0.3) is 0 Å². The third-order valence-electron chi connectivity index (χ3n) is 3.60. The van der Waals surface area contributed by atoms with Crippen molar-refractivity contribution < 1.29 is 9.90 Å². The molecule has 4 heteroatoms. The summed E-state index contributed by atoms with van der Waals surface area (Å²) in [7, 11) is 0. The molecule has 0 spiro atoms. The van der Waals surface area contributed by atoms with E-state index < -0.39 is 5.97 Å². The molecular formula is C14H18BrNO2. The van der Waals surface area contributed by atoms with E-state index >= 15 is 0 Å². The van der Waals surface area contributed by atoms with Crippen LogP contribution in [0.1, 0.15) is 36.5 Å². The van der Waals surface area contributed by atoms with Crippen molar-refractivity contribution in [1.29, 1.82) is 0 Å². The lowest BCUT2D eigenvalue weighted by Gasteiger charge is -2.14. The Morgan fingerprint density at radius 1 is 1.50 bits per heavy atom. The Morgan fingerprint density at radius 2 is 2.28 bits per heavy atom. The lowest BCUT2D eigenvalue weighted by Crippen LogP contribution is -2.14. The molecule has 18 heavy (non-hydrogen) atoms. The van der Waals surface area contributed by atoms with E-state index in [0.717, 1.165) is 16.9 Å². The summed E-state index contributed by atoms with van der Waals surface area (Å²) in [5.74, 6) is 0.588. The maximum atomic E-state index is 11.2. The van der Waals surface area contributed by atoms with Crippen molar-refractivity contribution in [1.82, 2.24) is 0 Å². The van der Waals surface area contributed by atoms with Crippen LogP contribution >= 0.6 is 15.9 Å². The van der Waals surface area contributed by atoms with Crippen molar-refractivity contribution in [2.24, 2.45) is 11.8 Å². The second-order valence-electron chi connectivity index (χ2n) is 5.16. The van der Waals surface area contributed by atoms with Crippen LogP contribution < -0.4 is 5.32 Å². The van der Waals surface area contributed by atoms with Crippen LogP contribution in [-0.2, 0) is 0 Å². The highest BCUT2D eigenvalue weighted by Gasteiger charge is 2.21. The summed E-state index contributed by atoms with van der Waals surface area (Å²) in [5.41, 5.74) is 1.04. The first-order chi connectivity index (χ1) is 8.56. The van der Waals surface area contributed by atoms with Crippen molar-refractivity contribution in [3.8, 4) is 0 Å². The van der Waals surface area contributed by atoms with Crippen LogP contribution in [0.25, 0.3) is 0 Å². The fourth-order valence-electron chi connectivity index (χ4n) is 2.61. The van der Waals surface area contributed by atoms with Gasteiger partial charge in [0, 0.05) is 16.7 Å². The van der Waals surface area contributed by atoms with Crippen LogP contribution in [0, 0.1) is 11.8 Å². The largest absolute Gasteiger partial charge is 0.478 e. The van der Waals surface area contributed by atoms with Gasteiger partial charge in [-0.1, -0.05) is 29.3 Å². The molecule has 0 amide bonds. The number of carbonyl (C=O) groups is 1. The molecule has 1 aromatic carbocycles. The predicted octanol–water partition coefficient (Wildman–Crippen LogP) is 4.00. The zero-order valence-corrected chi connectivity index (χ0v) is 12.0. The van der Waals surface area contributed by atoms with Gasteiger partial charge in [0.15, 0.2) is 0 Å². The third-order valence-corrected chi connectivity index (χ3v) is 4.09. The number of aromatic carboxylic acids is 1. The highest BCUT2D eigenvalue weighted by molar-refractivity contribution is 9.10. The van der Waals surface area contributed by atoms with Gasteiger partial charge >= 0.3 is 5.97 Å². The van der Waals surface area contributed by atoms with E-state index in [1.54, 1.807) is 6.07 Å². The standard InChI is InChI=1S/C14H18BrNO2/c1-9-2-3-10(6-9)8-16-13-5-4-11(15)7-12(13)14(17)18/h4-5,7,9-10,16H,2-3,6,8H2,1H3,(H,17,18). The molecule has 0 aromatic heterocycles. The van der Waals surface area contributed by atoms with Crippen molar-refractivity contribution in [3.05, 3.63) is 28.2 Å². The first-order valence-electron chi connectivity index (χ1n) is 6.33. The van der Waals surface area contributed by atoms with E-state index in [9.17, 15) is 4.79 Å². The van der Waals surface area contributed by atoms with Crippen molar-refractivity contribution >= 4 is 27.6 Å². The predicted molar refractivity (Wildman–Crippen MR) is 76.1 cm³/mol. The lowest BCUT2D eigenvalue weighted by atomic mass is 10.1. The molecule has 0 aliphatic heterocycles. The maximum absolute atomic E-state index is 11.2. The molecular weight excluding hydrogens is 294 g/mol. The van der Waals surface area contributed by atoms with Gasteiger partial charge in [-0.05, 0) is 42.9 Å². The number of halogens is 1. The van der Waals surface area contributed by atoms with Gasteiger partial charge in [-0.15, -0.1) is 0 Å². The molecule has 1 aromatic rings. The Kier molecular flexibility index (Phi) is 4.27. The lowest BCUT2D eigenvalue weighted by molar-refractivity contribution is 0.0698. The molecule has 0 saturated heterocycles. The van der Waals surface area contributed by atoms with Gasteiger partial charge in [-0.2, -0.15) is 0 Å². The van der Waals surface area contributed by atoms with Gasteiger partial charge in [0.2, 0.25) is 0 Å². The van der Waals surface area contributed by atoms with E-state index in [4.69, 9.17) is 5.11 Å². The molecule has 1 aliphatic rings. The number of anilines is 1. The molecule has 0 radical (unpaired) electrons. The fourth-order valence-corrected chi connectivity index (χ4v) is 2.97. The van der Waals surface area contributed by atoms with E-state index in [2.05, 4.69) is 28.2 Å². The number of hydrogen-bond donors (Lipinski definition) is 2. The average Bonchev–Trinajstić information content (AvgIpc) is 2.73. The SMILES string of the molecule is CC1CCC(CNc2ccc(Br)cc2C(=O)O)C1. The van der Waals surface area contributed by atoms with Gasteiger partial charge in [-0.25, -0.2) is 4.79 Å². The molecule has 2 N–H and O–H groups in total. The fraction of sp³-hybridized carbons (Fsp3) is 0.500. The summed E-state index contributed by atoms with van der Waals surface area (Å²) in [5, 5.41) is 12.4. The monoisotopic (exact) mass is 311 g/mol. The minimum absolute atomic E-state index is 0.329. The molecule has 98 valence electrons. The number of rotatable bonds is 4. The third kappa shape index (κ3) is 3.25. The average molecular weight is 312 g/mol. The molecule has 3 nitrogen and oxygen atoms in total. The summed E-state index contributed by atoms with van der Waals surface area (Å²) in [6, 6.07) is 5.33. The molecule has 1 fully saturated rings. The maximum Gasteiger partial charge on any atom is 0.337 e. The Labute approximate surface area is 116 Å². The van der Waals surface area contributed by atoms with E-state index in [-0.39, 0.29) is 0 Å². The first-order valence-corrected chi connectivity index (χ1v) is 7.12. The van der Waals surface area contributed by atoms with Crippen molar-refractivity contribution in [3.63, 3.8) is 0 Å². The van der Waals surface area contributed by atoms with Crippen LogP contribution in [0.3, 0.4) is 0 Å². The molecule has 1 aliphatic carbocycles. The minimum Gasteiger partial charge on any atom is -0.478 e. The van der Waals surface area contributed by atoms with Gasteiger partial charge < -0.3 is 10.4 Å². The molecule has 1 saturated carbocycles. The first kappa shape index (κ1) is 13.4. The molecule has 2 atom stereocenters. The van der Waals surface area contributed by atoms with Crippen LogP contribution in [0.15, 0.2) is 22.7 Å². The van der Waals surface area contributed by atoms with E-state index in [1.165, 1.54) is 19.3 Å². The smallest absolute Gasteiger partial charge is 0.337 e. The number of nitrogens with one attached hydrogen (secondary N) is 1. The van der Waals surface area contributed by atoms with Crippen molar-refractivity contribution in [2.45, 2.75) is 26.2 Å². The highest BCUT2D eigenvalue weighted by Crippen LogP contribution is 2.31. The number of benzene rings is 1. The summed E-state index contributed by atoms with van der Waals surface area (Å²) >= 11 is 3.30. The zero-order chi connectivity index (χ0) is 13.1. The second-order valence-corrected chi connectivity index (χ2v) is 6.08. The second kappa shape index (κ2) is 5.74. The minimum atomic E-state index is -0.890. The number of carboxylic acid groups (broad SMARTS) is 1. The molecule has 2 rings (SSSR count). The Morgan fingerprint density at radius 3 is 2.89 bits per heavy atom. The van der Waals surface area contributed by atoms with Crippen LogP contribution in [0.4, 0.5) is 5.69 Å². The molecule has 2 unspecified atom stereocenters.